The molecule has 1 aliphatic heterocycles. The summed E-state index contributed by atoms with van der Waals surface area (Å²) in [4.78, 5) is 38.3. The Kier molecular flexibility index (Phi) is 4.55. The number of benzene rings is 2. The minimum atomic E-state index is -1.06. The smallest absolute Gasteiger partial charge is 0.329 e. The molecule has 1 heterocycles. The lowest BCUT2D eigenvalue weighted by molar-refractivity contribution is -0.149. The molecule has 0 saturated heterocycles. The summed E-state index contributed by atoms with van der Waals surface area (Å²) in [6.07, 6.45) is 0. The van der Waals surface area contributed by atoms with Gasteiger partial charge in [-0.1, -0.05) is 29.8 Å². The van der Waals surface area contributed by atoms with Crippen LogP contribution >= 0.6 is 0 Å². The monoisotopic (exact) mass is 348 g/mol. The van der Waals surface area contributed by atoms with Crippen molar-refractivity contribution < 1.29 is 19.1 Å². The largest absolute Gasteiger partial charge is 0.459 e. The van der Waals surface area contributed by atoms with Crippen LogP contribution in [0.3, 0.4) is 0 Å². The second-order valence-corrected chi connectivity index (χ2v) is 6.08. The highest BCUT2D eigenvalue weighted by Crippen LogP contribution is 2.26. The molecule has 6 nitrogen and oxygen atoms in total. The Morgan fingerprint density at radius 1 is 1.15 bits per heavy atom. The van der Waals surface area contributed by atoms with E-state index in [9.17, 15) is 14.4 Å². The van der Waals surface area contributed by atoms with E-state index >= 15 is 0 Å². The van der Waals surface area contributed by atoms with Crippen LogP contribution in [-0.4, -0.2) is 28.7 Å². The number of ether oxygens (including phenoxy) is 1. The van der Waals surface area contributed by atoms with Crippen molar-refractivity contribution in [2.45, 2.75) is 26.5 Å². The SMILES string of the molecule is Cc1ccc2c(c1)C(=O)N(C(C)C(=O)OCc1ccccc1C#N)C2=O. The van der Waals surface area contributed by atoms with E-state index < -0.39 is 23.8 Å². The lowest BCUT2D eigenvalue weighted by Gasteiger charge is -2.21. The van der Waals surface area contributed by atoms with Crippen LogP contribution < -0.4 is 0 Å². The summed E-state index contributed by atoms with van der Waals surface area (Å²) in [6.45, 7) is 3.17. The zero-order valence-corrected chi connectivity index (χ0v) is 14.4. The number of esters is 1. The highest BCUT2D eigenvalue weighted by molar-refractivity contribution is 6.22. The molecule has 26 heavy (non-hydrogen) atoms. The molecule has 0 saturated carbocycles. The van der Waals surface area contributed by atoms with E-state index in [1.807, 2.05) is 13.0 Å². The number of aryl methyl sites for hydroxylation is 1. The predicted molar refractivity (Wildman–Crippen MR) is 92.1 cm³/mol. The van der Waals surface area contributed by atoms with E-state index in [-0.39, 0.29) is 12.2 Å². The maximum Gasteiger partial charge on any atom is 0.329 e. The van der Waals surface area contributed by atoms with Gasteiger partial charge in [-0.15, -0.1) is 0 Å². The second kappa shape index (κ2) is 6.81. The summed E-state index contributed by atoms with van der Waals surface area (Å²) in [7, 11) is 0. The molecule has 0 bridgehead atoms. The minimum absolute atomic E-state index is 0.102. The molecule has 6 heteroatoms. The fourth-order valence-electron chi connectivity index (χ4n) is 2.86. The number of amides is 2. The van der Waals surface area contributed by atoms with Crippen LogP contribution in [-0.2, 0) is 16.1 Å². The van der Waals surface area contributed by atoms with Gasteiger partial charge < -0.3 is 4.74 Å². The average Bonchev–Trinajstić information content (AvgIpc) is 2.89. The van der Waals surface area contributed by atoms with Crippen molar-refractivity contribution >= 4 is 17.8 Å². The van der Waals surface area contributed by atoms with E-state index in [0.717, 1.165) is 10.5 Å². The number of rotatable bonds is 4. The number of hydrogen-bond acceptors (Lipinski definition) is 5. The van der Waals surface area contributed by atoms with E-state index in [1.54, 1.807) is 42.5 Å². The molecule has 2 aromatic carbocycles. The van der Waals surface area contributed by atoms with Crippen molar-refractivity contribution in [2.75, 3.05) is 0 Å². The highest BCUT2D eigenvalue weighted by Gasteiger charge is 2.41. The molecule has 3 rings (SSSR count). The van der Waals surface area contributed by atoms with Gasteiger partial charge >= 0.3 is 5.97 Å². The van der Waals surface area contributed by atoms with Gasteiger partial charge in [0.2, 0.25) is 0 Å². The van der Waals surface area contributed by atoms with Crippen molar-refractivity contribution in [3.8, 4) is 6.07 Å². The number of fused-ring (bicyclic) bond motifs is 1. The first-order valence-electron chi connectivity index (χ1n) is 8.07. The molecular weight excluding hydrogens is 332 g/mol. The van der Waals surface area contributed by atoms with Gasteiger partial charge in [0.1, 0.15) is 12.6 Å². The zero-order valence-electron chi connectivity index (χ0n) is 14.4. The third-order valence-electron chi connectivity index (χ3n) is 4.31. The molecule has 0 fully saturated rings. The summed E-state index contributed by atoms with van der Waals surface area (Å²) in [5, 5.41) is 9.07. The molecule has 0 radical (unpaired) electrons. The fourth-order valence-corrected chi connectivity index (χ4v) is 2.86. The molecule has 2 aromatic rings. The first-order chi connectivity index (χ1) is 12.4. The maximum absolute atomic E-state index is 12.5. The maximum atomic E-state index is 12.5. The van der Waals surface area contributed by atoms with Crippen LogP contribution in [0.2, 0.25) is 0 Å². The van der Waals surface area contributed by atoms with Gasteiger partial charge in [-0.3, -0.25) is 14.5 Å². The Balaban J connectivity index is 1.74. The van der Waals surface area contributed by atoms with Crippen LogP contribution in [0.5, 0.6) is 0 Å². The summed E-state index contributed by atoms with van der Waals surface area (Å²) >= 11 is 0. The van der Waals surface area contributed by atoms with E-state index in [2.05, 4.69) is 0 Å². The molecule has 1 unspecified atom stereocenters. The number of nitriles is 1. The Hall–Kier alpha value is -3.46. The molecule has 0 aromatic heterocycles. The number of carbonyl (C=O) groups is 3. The van der Waals surface area contributed by atoms with Crippen molar-refractivity contribution in [3.05, 3.63) is 70.3 Å². The molecule has 2 amide bonds. The van der Waals surface area contributed by atoms with Crippen LogP contribution in [0.15, 0.2) is 42.5 Å². The van der Waals surface area contributed by atoms with Crippen LogP contribution in [0.1, 0.15) is 44.3 Å². The lowest BCUT2D eigenvalue weighted by Crippen LogP contribution is -2.43. The Morgan fingerprint density at radius 2 is 1.85 bits per heavy atom. The summed E-state index contributed by atoms with van der Waals surface area (Å²) in [5.74, 6) is -1.72. The standard InChI is InChI=1S/C20H16N2O4/c1-12-7-8-16-17(9-12)19(24)22(18(16)23)13(2)20(25)26-11-15-6-4-3-5-14(15)10-21/h3-9,13H,11H2,1-2H3. The Labute approximate surface area is 150 Å². The van der Waals surface area contributed by atoms with Crippen LogP contribution in [0.4, 0.5) is 0 Å². The van der Waals surface area contributed by atoms with Crippen molar-refractivity contribution in [1.29, 1.82) is 5.26 Å². The first kappa shape index (κ1) is 17.4. The van der Waals surface area contributed by atoms with Gasteiger partial charge in [0.25, 0.3) is 11.8 Å². The Bertz CT molecular complexity index is 959. The fraction of sp³-hybridized carbons (Fsp3) is 0.200. The Morgan fingerprint density at radius 3 is 2.58 bits per heavy atom. The molecule has 1 aliphatic rings. The van der Waals surface area contributed by atoms with E-state index in [0.29, 0.717) is 16.7 Å². The molecule has 130 valence electrons. The number of imide groups is 1. The molecule has 1 atom stereocenters. The van der Waals surface area contributed by atoms with Gasteiger partial charge in [0.15, 0.2) is 0 Å². The lowest BCUT2D eigenvalue weighted by atomic mass is 10.1. The highest BCUT2D eigenvalue weighted by atomic mass is 16.5. The molecular formula is C20H16N2O4. The quantitative estimate of drug-likeness (QED) is 0.626. The van der Waals surface area contributed by atoms with E-state index in [4.69, 9.17) is 10.00 Å². The van der Waals surface area contributed by atoms with Crippen LogP contribution in [0, 0.1) is 18.3 Å². The van der Waals surface area contributed by atoms with Gasteiger partial charge in [-0.25, -0.2) is 4.79 Å². The van der Waals surface area contributed by atoms with Crippen molar-refractivity contribution in [2.24, 2.45) is 0 Å². The number of nitrogens with zero attached hydrogens (tertiary/aromatic N) is 2. The van der Waals surface area contributed by atoms with E-state index in [1.165, 1.54) is 6.92 Å². The third-order valence-corrected chi connectivity index (χ3v) is 4.31. The number of hydrogen-bond donors (Lipinski definition) is 0. The summed E-state index contributed by atoms with van der Waals surface area (Å²) in [5.41, 5.74) is 2.41. The molecule has 0 aliphatic carbocycles. The topological polar surface area (TPSA) is 87.5 Å². The van der Waals surface area contributed by atoms with Gasteiger partial charge in [0.05, 0.1) is 22.8 Å². The van der Waals surface area contributed by atoms with Gasteiger partial charge in [0, 0.05) is 5.56 Å². The summed E-state index contributed by atoms with van der Waals surface area (Å²) in [6, 6.07) is 12.7. The van der Waals surface area contributed by atoms with Crippen molar-refractivity contribution in [3.63, 3.8) is 0 Å². The summed E-state index contributed by atoms with van der Waals surface area (Å²) < 4.78 is 5.23. The first-order valence-corrected chi connectivity index (χ1v) is 8.07. The van der Waals surface area contributed by atoms with Crippen LogP contribution in [0.25, 0.3) is 0 Å². The average molecular weight is 348 g/mol. The van der Waals surface area contributed by atoms with Crippen molar-refractivity contribution in [1.82, 2.24) is 4.90 Å². The normalized spacial score (nSPS) is 14.0. The number of carbonyl (C=O) groups excluding carboxylic acids is 3. The van der Waals surface area contributed by atoms with Gasteiger partial charge in [-0.2, -0.15) is 5.26 Å². The molecule has 0 N–H and O–H groups in total. The predicted octanol–water partition coefficient (Wildman–Crippen LogP) is 2.59. The minimum Gasteiger partial charge on any atom is -0.459 e. The third kappa shape index (κ3) is 2.95. The molecule has 0 spiro atoms. The second-order valence-electron chi connectivity index (χ2n) is 6.08. The van der Waals surface area contributed by atoms with Gasteiger partial charge in [-0.05, 0) is 32.0 Å². The zero-order chi connectivity index (χ0) is 18.8.